The summed E-state index contributed by atoms with van der Waals surface area (Å²) in [5.41, 5.74) is 9.68. The number of nitrogens with two attached hydrogens (primary N) is 1. The molecular formula is C24H24FN3O2. The van der Waals surface area contributed by atoms with Crippen molar-refractivity contribution in [3.8, 4) is 16.9 Å². The molecule has 1 fully saturated rings. The van der Waals surface area contributed by atoms with Gasteiger partial charge in [-0.25, -0.2) is 9.18 Å². The molecule has 3 aromatic rings. The number of halogens is 1. The molecule has 0 saturated carbocycles. The van der Waals surface area contributed by atoms with E-state index in [1.165, 1.54) is 0 Å². The highest BCUT2D eigenvalue weighted by Gasteiger charge is 2.41. The molecule has 6 heteroatoms. The third kappa shape index (κ3) is 3.07. The van der Waals surface area contributed by atoms with Crippen molar-refractivity contribution < 1.29 is 13.9 Å². The van der Waals surface area contributed by atoms with Gasteiger partial charge in [-0.1, -0.05) is 18.2 Å². The van der Waals surface area contributed by atoms with Crippen LogP contribution in [0.15, 0.2) is 42.6 Å². The molecule has 3 heterocycles. The molecule has 30 heavy (non-hydrogen) atoms. The highest BCUT2D eigenvalue weighted by Crippen LogP contribution is 2.43. The van der Waals surface area contributed by atoms with Gasteiger partial charge in [-0.3, -0.25) is 4.98 Å². The third-order valence-corrected chi connectivity index (χ3v) is 6.61. The van der Waals surface area contributed by atoms with Gasteiger partial charge in [0, 0.05) is 37.5 Å². The molecule has 0 atom stereocenters. The second kappa shape index (κ2) is 6.97. The summed E-state index contributed by atoms with van der Waals surface area (Å²) in [6.07, 6.45) is 4.69. The molecule has 154 valence electrons. The van der Waals surface area contributed by atoms with E-state index in [9.17, 15) is 4.79 Å². The molecule has 5 nitrogen and oxygen atoms in total. The second-order valence-electron chi connectivity index (χ2n) is 8.37. The number of benzene rings is 2. The molecule has 0 bridgehead atoms. The Morgan fingerprint density at radius 1 is 1.20 bits per heavy atom. The Kier molecular flexibility index (Phi) is 4.38. The Balaban J connectivity index is 1.47. The number of aromatic nitrogens is 1. The number of likely N-dealkylation sites (tertiary alicyclic amines) is 1. The van der Waals surface area contributed by atoms with Gasteiger partial charge in [-0.2, -0.15) is 0 Å². The number of piperidine rings is 1. The van der Waals surface area contributed by atoms with Crippen LogP contribution in [0, 0.1) is 12.7 Å². The van der Waals surface area contributed by atoms with Crippen LogP contribution in [0.3, 0.4) is 0 Å². The molecular weight excluding hydrogens is 381 g/mol. The maximum atomic E-state index is 15.2. The summed E-state index contributed by atoms with van der Waals surface area (Å²) in [6, 6.07) is 11.2. The van der Waals surface area contributed by atoms with E-state index >= 15 is 4.39 Å². The minimum Gasteiger partial charge on any atom is -0.484 e. The Hall–Kier alpha value is -3.15. The van der Waals surface area contributed by atoms with Gasteiger partial charge in [0.15, 0.2) is 11.6 Å². The predicted molar refractivity (Wildman–Crippen MR) is 114 cm³/mol. The van der Waals surface area contributed by atoms with Gasteiger partial charge in [0.05, 0.1) is 5.52 Å². The molecule has 0 aliphatic carbocycles. The van der Waals surface area contributed by atoms with E-state index in [0.717, 1.165) is 46.0 Å². The number of pyridine rings is 1. The van der Waals surface area contributed by atoms with Gasteiger partial charge in [-0.15, -0.1) is 0 Å². The molecule has 0 unspecified atom stereocenters. The van der Waals surface area contributed by atoms with Crippen LogP contribution in [0.1, 0.15) is 30.4 Å². The first-order valence-corrected chi connectivity index (χ1v) is 10.4. The van der Waals surface area contributed by atoms with Crippen LogP contribution in [-0.2, 0) is 6.42 Å². The maximum absolute atomic E-state index is 15.2. The molecule has 2 aliphatic rings. The van der Waals surface area contributed by atoms with Gasteiger partial charge in [0.1, 0.15) is 5.60 Å². The average Bonchev–Trinajstić information content (AvgIpc) is 2.75. The SMILES string of the molecule is Cc1c(-c2cc(F)c3c(c2)CCC2(CCN(C(N)=O)CC2)O3)ccc2cccnc12. The number of carbonyl (C=O) groups is 1. The second-order valence-corrected chi connectivity index (χ2v) is 8.37. The van der Waals surface area contributed by atoms with E-state index in [1.54, 1.807) is 17.2 Å². The summed E-state index contributed by atoms with van der Waals surface area (Å²) in [6.45, 7) is 3.13. The van der Waals surface area contributed by atoms with Crippen molar-refractivity contribution in [1.29, 1.82) is 0 Å². The molecule has 2 N–H and O–H groups in total. The zero-order chi connectivity index (χ0) is 20.9. The van der Waals surface area contributed by atoms with Crippen LogP contribution >= 0.6 is 0 Å². The van der Waals surface area contributed by atoms with Crippen molar-refractivity contribution in [2.75, 3.05) is 13.1 Å². The maximum Gasteiger partial charge on any atom is 0.314 e. The van der Waals surface area contributed by atoms with Crippen molar-refractivity contribution >= 4 is 16.9 Å². The van der Waals surface area contributed by atoms with Crippen molar-refractivity contribution in [3.63, 3.8) is 0 Å². The van der Waals surface area contributed by atoms with Crippen molar-refractivity contribution in [2.45, 2.75) is 38.2 Å². The third-order valence-electron chi connectivity index (χ3n) is 6.61. The summed E-state index contributed by atoms with van der Waals surface area (Å²) in [5.74, 6) is 0.0218. The fourth-order valence-corrected chi connectivity index (χ4v) is 4.83. The molecule has 2 amide bonds. The average molecular weight is 405 g/mol. The van der Waals surface area contributed by atoms with Gasteiger partial charge in [-0.05, 0) is 60.2 Å². The first kappa shape index (κ1) is 18.9. The monoisotopic (exact) mass is 405 g/mol. The summed E-state index contributed by atoms with van der Waals surface area (Å²) in [4.78, 5) is 17.5. The fourth-order valence-electron chi connectivity index (χ4n) is 4.83. The molecule has 2 aliphatic heterocycles. The van der Waals surface area contributed by atoms with Gasteiger partial charge in [0.2, 0.25) is 0 Å². The number of amides is 2. The summed E-state index contributed by atoms with van der Waals surface area (Å²) >= 11 is 0. The van der Waals surface area contributed by atoms with Crippen LogP contribution in [-0.4, -0.2) is 34.6 Å². The largest absolute Gasteiger partial charge is 0.484 e. The van der Waals surface area contributed by atoms with Crippen molar-refractivity contribution in [3.05, 3.63) is 59.5 Å². The number of ether oxygens (including phenoxy) is 1. The lowest BCUT2D eigenvalue weighted by molar-refractivity contribution is -0.00786. The zero-order valence-electron chi connectivity index (χ0n) is 17.0. The Morgan fingerprint density at radius 2 is 2.00 bits per heavy atom. The fraction of sp³-hybridized carbons (Fsp3) is 0.333. The number of aryl methyl sites for hydroxylation is 2. The highest BCUT2D eigenvalue weighted by atomic mass is 19.1. The van der Waals surface area contributed by atoms with E-state index in [0.29, 0.717) is 31.7 Å². The normalized spacial score (nSPS) is 17.6. The Bertz CT molecular complexity index is 1150. The highest BCUT2D eigenvalue weighted by molar-refractivity contribution is 5.88. The van der Waals surface area contributed by atoms with E-state index in [4.69, 9.17) is 10.5 Å². The zero-order valence-corrected chi connectivity index (χ0v) is 17.0. The molecule has 1 saturated heterocycles. The number of rotatable bonds is 1. The van der Waals surface area contributed by atoms with Gasteiger partial charge < -0.3 is 15.4 Å². The minimum absolute atomic E-state index is 0.334. The van der Waals surface area contributed by atoms with Crippen LogP contribution in [0.5, 0.6) is 5.75 Å². The van der Waals surface area contributed by atoms with E-state index < -0.39 is 11.6 Å². The van der Waals surface area contributed by atoms with Crippen molar-refractivity contribution in [2.24, 2.45) is 5.73 Å². The molecule has 1 spiro atoms. The molecule has 0 radical (unpaired) electrons. The van der Waals surface area contributed by atoms with E-state index in [-0.39, 0.29) is 5.82 Å². The van der Waals surface area contributed by atoms with Crippen LogP contribution in [0.2, 0.25) is 0 Å². The number of hydrogen-bond donors (Lipinski definition) is 1. The minimum atomic E-state index is -0.413. The van der Waals surface area contributed by atoms with Crippen LogP contribution < -0.4 is 10.5 Å². The topological polar surface area (TPSA) is 68.5 Å². The summed E-state index contributed by atoms with van der Waals surface area (Å²) in [7, 11) is 0. The summed E-state index contributed by atoms with van der Waals surface area (Å²) < 4.78 is 21.4. The lowest BCUT2D eigenvalue weighted by atomic mass is 9.82. The quantitative estimate of drug-likeness (QED) is 0.644. The lowest BCUT2D eigenvalue weighted by Gasteiger charge is -2.44. The smallest absolute Gasteiger partial charge is 0.314 e. The van der Waals surface area contributed by atoms with Crippen LogP contribution in [0.25, 0.3) is 22.0 Å². The van der Waals surface area contributed by atoms with Gasteiger partial charge in [0.25, 0.3) is 0 Å². The number of urea groups is 1. The van der Waals surface area contributed by atoms with Crippen LogP contribution in [0.4, 0.5) is 9.18 Å². The number of nitrogens with zero attached hydrogens (tertiary/aromatic N) is 2. The standard InChI is InChI=1S/C24H24FN3O2/c1-15-19(5-4-16-3-2-10-27-21(15)16)18-13-17-6-7-24(30-22(17)20(25)14-18)8-11-28(12-9-24)23(26)29/h2-5,10,13-14H,6-9,11-12H2,1H3,(H2,26,29). The number of fused-ring (bicyclic) bond motifs is 2. The Labute approximate surface area is 174 Å². The van der Waals surface area contributed by atoms with E-state index in [1.807, 2.05) is 37.3 Å². The summed E-state index contributed by atoms with van der Waals surface area (Å²) in [5, 5.41) is 1.07. The van der Waals surface area contributed by atoms with E-state index in [2.05, 4.69) is 4.98 Å². The first-order chi connectivity index (χ1) is 14.5. The molecule has 5 rings (SSSR count). The predicted octanol–water partition coefficient (Wildman–Crippen LogP) is 4.59. The first-order valence-electron chi connectivity index (χ1n) is 10.4. The lowest BCUT2D eigenvalue weighted by Crippen LogP contribution is -2.52. The number of primary amides is 1. The molecule has 1 aromatic heterocycles. The van der Waals surface area contributed by atoms with Crippen molar-refractivity contribution in [1.82, 2.24) is 9.88 Å². The Morgan fingerprint density at radius 3 is 2.77 bits per heavy atom. The number of hydrogen-bond acceptors (Lipinski definition) is 3. The van der Waals surface area contributed by atoms with Gasteiger partial charge >= 0.3 is 6.03 Å². The molecule has 2 aromatic carbocycles. The number of carbonyl (C=O) groups excluding carboxylic acids is 1.